The molecule has 0 spiro atoms. The minimum Gasteiger partial charge on any atom is -0.870 e. The first kappa shape index (κ1) is 23.9. The molecule has 2 N–H and O–H groups in total. The van der Waals surface area contributed by atoms with E-state index in [0.29, 0.717) is 6.42 Å². The Morgan fingerprint density at radius 3 is 1.44 bits per heavy atom. The zero-order valence-electron chi connectivity index (χ0n) is 11.9. The summed E-state index contributed by atoms with van der Waals surface area (Å²) in [7, 11) is -3.73. The maximum absolute atomic E-state index is 10.4. The van der Waals surface area contributed by atoms with Gasteiger partial charge in [0.25, 0.3) is 10.1 Å². The van der Waals surface area contributed by atoms with E-state index in [1.807, 2.05) is 0 Å². The van der Waals surface area contributed by atoms with Crippen molar-refractivity contribution in [3.8, 4) is 0 Å². The number of rotatable bonds is 11. The Balaban J connectivity index is -0.00000112. The molecule has 0 heterocycles. The van der Waals surface area contributed by atoms with Crippen molar-refractivity contribution in [3.63, 3.8) is 0 Å². The quantitative estimate of drug-likeness (QED) is 0.343. The summed E-state index contributed by atoms with van der Waals surface area (Å²) in [6, 6.07) is 0. The van der Waals surface area contributed by atoms with Crippen molar-refractivity contribution in [2.75, 3.05) is 5.75 Å². The van der Waals surface area contributed by atoms with E-state index < -0.39 is 10.1 Å². The normalized spacial score (nSPS) is 10.6. The van der Waals surface area contributed by atoms with Crippen molar-refractivity contribution < 1.29 is 48.0 Å². The molecule has 0 saturated heterocycles. The van der Waals surface area contributed by atoms with Crippen molar-refractivity contribution >= 4 is 10.1 Å². The van der Waals surface area contributed by atoms with Gasteiger partial charge in [0.1, 0.15) is 0 Å². The largest absolute Gasteiger partial charge is 1.00 e. The smallest absolute Gasteiger partial charge is 0.870 e. The van der Waals surface area contributed by atoms with Gasteiger partial charge in [0.2, 0.25) is 0 Å². The summed E-state index contributed by atoms with van der Waals surface area (Å²) in [5.74, 6) is -0.0799. The molecular formula is C12H27NaO4S. The predicted octanol–water partition coefficient (Wildman–Crippen LogP) is 0.622. The molecule has 0 bridgehead atoms. The van der Waals surface area contributed by atoms with E-state index in [1.165, 1.54) is 44.9 Å². The molecule has 0 aliphatic rings. The van der Waals surface area contributed by atoms with Crippen molar-refractivity contribution in [1.82, 2.24) is 0 Å². The number of hydrogen-bond donors (Lipinski definition) is 1. The number of unbranched alkanes of at least 4 members (excludes halogenated alkanes) is 9. The molecule has 0 aromatic rings. The van der Waals surface area contributed by atoms with Crippen LogP contribution in [0.1, 0.15) is 71.1 Å². The summed E-state index contributed by atoms with van der Waals surface area (Å²) >= 11 is 0. The Morgan fingerprint density at radius 1 is 0.778 bits per heavy atom. The SMILES string of the molecule is CCCCCCCCCCCCS(=O)(=O)O.[Na+].[OH-]. The summed E-state index contributed by atoms with van der Waals surface area (Å²) in [5, 5.41) is 0. The third-order valence-corrected chi connectivity index (χ3v) is 3.56. The van der Waals surface area contributed by atoms with Gasteiger partial charge >= 0.3 is 29.6 Å². The minimum atomic E-state index is -3.73. The molecule has 6 heteroatoms. The van der Waals surface area contributed by atoms with Gasteiger partial charge in [-0.1, -0.05) is 64.7 Å². The molecule has 4 nitrogen and oxygen atoms in total. The molecular weight excluding hydrogens is 263 g/mol. The van der Waals surface area contributed by atoms with Gasteiger partial charge in [0, 0.05) is 0 Å². The van der Waals surface area contributed by atoms with Gasteiger partial charge in [-0.25, -0.2) is 0 Å². The Morgan fingerprint density at radius 2 is 1.11 bits per heavy atom. The molecule has 0 rings (SSSR count). The topological polar surface area (TPSA) is 84.4 Å². The van der Waals surface area contributed by atoms with E-state index in [2.05, 4.69) is 6.92 Å². The fraction of sp³-hybridized carbons (Fsp3) is 1.00. The molecule has 0 fully saturated rings. The second-order valence-electron chi connectivity index (χ2n) is 4.47. The van der Waals surface area contributed by atoms with Gasteiger partial charge in [-0.2, -0.15) is 8.42 Å². The van der Waals surface area contributed by atoms with Crippen LogP contribution in [0.3, 0.4) is 0 Å². The Bertz CT molecular complexity index is 242. The zero-order valence-corrected chi connectivity index (χ0v) is 14.7. The maximum Gasteiger partial charge on any atom is 1.00 e. The standard InChI is InChI=1S/C12H26O3S.Na.H2O/c1-2-3-4-5-6-7-8-9-10-11-12-16(13,14)15;;/h2-12H2,1H3,(H,13,14,15);;1H2/q;+1;/p-1. The van der Waals surface area contributed by atoms with Gasteiger partial charge in [-0.3, -0.25) is 4.55 Å². The van der Waals surface area contributed by atoms with Crippen LogP contribution in [0, 0.1) is 0 Å². The fourth-order valence-electron chi connectivity index (χ4n) is 1.77. The number of hydrogen-bond acceptors (Lipinski definition) is 3. The Kier molecular flexibility index (Phi) is 21.2. The van der Waals surface area contributed by atoms with Crippen molar-refractivity contribution in [2.45, 2.75) is 71.1 Å². The predicted molar refractivity (Wildman–Crippen MR) is 70.2 cm³/mol. The van der Waals surface area contributed by atoms with E-state index >= 15 is 0 Å². The first-order chi connectivity index (χ1) is 7.56. The van der Waals surface area contributed by atoms with Crippen molar-refractivity contribution in [1.29, 1.82) is 0 Å². The second-order valence-corrected chi connectivity index (χ2v) is 6.04. The molecule has 18 heavy (non-hydrogen) atoms. The van der Waals surface area contributed by atoms with Crippen LogP contribution in [0.4, 0.5) is 0 Å². The zero-order chi connectivity index (χ0) is 12.3. The van der Waals surface area contributed by atoms with E-state index in [-0.39, 0.29) is 40.8 Å². The molecule has 0 aliphatic heterocycles. The Labute approximate surface area is 134 Å². The minimum absolute atomic E-state index is 0. The van der Waals surface area contributed by atoms with E-state index in [1.54, 1.807) is 0 Å². The summed E-state index contributed by atoms with van der Waals surface area (Å²) in [6.07, 6.45) is 11.7. The Hall–Kier alpha value is 0.870. The van der Waals surface area contributed by atoms with Gasteiger partial charge in [-0.05, 0) is 6.42 Å². The van der Waals surface area contributed by atoms with E-state index in [9.17, 15) is 8.42 Å². The molecule has 0 aromatic carbocycles. The summed E-state index contributed by atoms with van der Waals surface area (Å²) in [6.45, 7) is 2.22. The summed E-state index contributed by atoms with van der Waals surface area (Å²) < 4.78 is 29.4. The molecule has 0 unspecified atom stereocenters. The third kappa shape index (κ3) is 22.1. The van der Waals surface area contributed by atoms with E-state index in [4.69, 9.17) is 4.55 Å². The van der Waals surface area contributed by atoms with Crippen LogP contribution >= 0.6 is 0 Å². The maximum atomic E-state index is 10.4. The summed E-state index contributed by atoms with van der Waals surface area (Å²) in [4.78, 5) is 0. The van der Waals surface area contributed by atoms with Crippen molar-refractivity contribution in [2.24, 2.45) is 0 Å². The van der Waals surface area contributed by atoms with Crippen LogP contribution in [0.5, 0.6) is 0 Å². The third-order valence-electron chi connectivity index (χ3n) is 2.76. The average Bonchev–Trinajstić information content (AvgIpc) is 2.19. The first-order valence-corrected chi connectivity index (χ1v) is 8.12. The van der Waals surface area contributed by atoms with Gasteiger partial charge in [0.05, 0.1) is 5.75 Å². The van der Waals surface area contributed by atoms with Gasteiger partial charge in [0.15, 0.2) is 0 Å². The fourth-order valence-corrected chi connectivity index (χ4v) is 2.34. The molecule has 0 radical (unpaired) electrons. The molecule has 0 aliphatic carbocycles. The van der Waals surface area contributed by atoms with Crippen LogP contribution < -0.4 is 29.6 Å². The van der Waals surface area contributed by atoms with Crippen molar-refractivity contribution in [3.05, 3.63) is 0 Å². The molecule has 0 amide bonds. The van der Waals surface area contributed by atoms with Gasteiger partial charge < -0.3 is 5.48 Å². The van der Waals surface area contributed by atoms with Crippen LogP contribution in [-0.4, -0.2) is 24.2 Å². The van der Waals surface area contributed by atoms with Crippen LogP contribution in [0.2, 0.25) is 0 Å². The van der Waals surface area contributed by atoms with Crippen LogP contribution in [0.15, 0.2) is 0 Å². The molecule has 106 valence electrons. The first-order valence-electron chi connectivity index (χ1n) is 6.51. The summed E-state index contributed by atoms with van der Waals surface area (Å²) in [5.41, 5.74) is 0. The second kappa shape index (κ2) is 15.9. The van der Waals surface area contributed by atoms with E-state index in [0.717, 1.165) is 12.8 Å². The van der Waals surface area contributed by atoms with Crippen LogP contribution in [-0.2, 0) is 10.1 Å². The molecule has 0 saturated carbocycles. The average molecular weight is 290 g/mol. The molecule has 0 aromatic heterocycles. The molecule has 0 atom stereocenters. The monoisotopic (exact) mass is 290 g/mol. The van der Waals surface area contributed by atoms with Crippen LogP contribution in [0.25, 0.3) is 0 Å². The van der Waals surface area contributed by atoms with Gasteiger partial charge in [-0.15, -0.1) is 0 Å².